The Bertz CT molecular complexity index is 718. The van der Waals surface area contributed by atoms with Gasteiger partial charge in [0.2, 0.25) is 0 Å². The Hall–Kier alpha value is -1.06. The predicted octanol–water partition coefficient (Wildman–Crippen LogP) is 4.59. The summed E-state index contributed by atoms with van der Waals surface area (Å²) >= 11 is 0. The van der Waals surface area contributed by atoms with Crippen LogP contribution in [0.5, 0.6) is 5.75 Å². The van der Waals surface area contributed by atoms with Crippen LogP contribution < -0.4 is 10.0 Å². The third kappa shape index (κ3) is 6.00. The van der Waals surface area contributed by atoms with E-state index in [9.17, 15) is 4.79 Å². The van der Waals surface area contributed by atoms with Crippen molar-refractivity contribution >= 4 is 38.3 Å². The first-order chi connectivity index (χ1) is 11.4. The summed E-state index contributed by atoms with van der Waals surface area (Å²) in [6.45, 7) is 11.1. The van der Waals surface area contributed by atoms with Gasteiger partial charge in [-0.3, -0.25) is 4.79 Å². The fourth-order valence-corrected chi connectivity index (χ4v) is 4.12. The van der Waals surface area contributed by atoms with Gasteiger partial charge in [-0.1, -0.05) is 37.1 Å². The van der Waals surface area contributed by atoms with Gasteiger partial charge in [-0.25, -0.2) is 0 Å². The minimum absolute atomic E-state index is 0. The molecule has 1 atom stereocenters. The summed E-state index contributed by atoms with van der Waals surface area (Å²) in [4.78, 5) is 12.8. The number of carbonyl (C=O) groups excluding carboxylic acids is 1. The number of carbonyl (C=O) groups is 1. The third-order valence-corrected chi connectivity index (χ3v) is 5.42. The van der Waals surface area contributed by atoms with E-state index in [0.717, 1.165) is 52.8 Å². The maximum atomic E-state index is 12.8. The first-order valence-corrected chi connectivity index (χ1v) is 9.55. The molecular formula is C21H28LiO2P. The van der Waals surface area contributed by atoms with Crippen LogP contribution in [0, 0.1) is 27.7 Å². The monoisotopic (exact) mass is 350 g/mol. The van der Waals surface area contributed by atoms with Gasteiger partial charge >= 0.3 is 18.9 Å². The van der Waals surface area contributed by atoms with Gasteiger partial charge in [0.25, 0.3) is 0 Å². The fourth-order valence-electron chi connectivity index (χ4n) is 2.92. The predicted molar refractivity (Wildman–Crippen MR) is 112 cm³/mol. The van der Waals surface area contributed by atoms with Crippen molar-refractivity contribution in [2.24, 2.45) is 0 Å². The zero-order valence-electron chi connectivity index (χ0n) is 15.3. The summed E-state index contributed by atoms with van der Waals surface area (Å²) in [6.07, 6.45) is 2.19. The second kappa shape index (κ2) is 10.2. The van der Waals surface area contributed by atoms with Gasteiger partial charge in [-0.15, -0.1) is 0 Å². The summed E-state index contributed by atoms with van der Waals surface area (Å²) in [5, 5.41) is 1.10. The Morgan fingerprint density at radius 3 is 2.20 bits per heavy atom. The average Bonchev–Trinajstić information content (AvgIpc) is 2.49. The van der Waals surface area contributed by atoms with E-state index in [4.69, 9.17) is 4.74 Å². The second-order valence-electron chi connectivity index (χ2n) is 6.41. The van der Waals surface area contributed by atoms with Gasteiger partial charge in [-0.2, -0.15) is 0 Å². The molecule has 0 amide bonds. The Balaban J connectivity index is 0.00000312. The van der Waals surface area contributed by atoms with Crippen LogP contribution in [0.3, 0.4) is 0 Å². The number of ether oxygens (including phenoxy) is 1. The van der Waals surface area contributed by atoms with Crippen molar-refractivity contribution < 1.29 is 9.53 Å². The van der Waals surface area contributed by atoms with Crippen molar-refractivity contribution in [3.8, 4) is 5.75 Å². The van der Waals surface area contributed by atoms with E-state index in [1.54, 1.807) is 0 Å². The first-order valence-electron chi connectivity index (χ1n) is 8.55. The molecule has 0 aliphatic rings. The van der Waals surface area contributed by atoms with Gasteiger partial charge < -0.3 is 4.74 Å². The summed E-state index contributed by atoms with van der Waals surface area (Å²) < 4.78 is 5.74. The van der Waals surface area contributed by atoms with Crippen molar-refractivity contribution in [1.82, 2.24) is 0 Å². The van der Waals surface area contributed by atoms with Crippen molar-refractivity contribution in [1.29, 1.82) is 0 Å². The Morgan fingerprint density at radius 2 is 1.64 bits per heavy atom. The molecule has 0 saturated carbocycles. The van der Waals surface area contributed by atoms with E-state index >= 15 is 0 Å². The van der Waals surface area contributed by atoms with E-state index in [1.807, 2.05) is 32.0 Å². The van der Waals surface area contributed by atoms with E-state index in [0.29, 0.717) is 0 Å². The fraction of sp³-hybridized carbons (Fsp3) is 0.381. The van der Waals surface area contributed by atoms with Crippen LogP contribution >= 0.6 is 8.58 Å². The molecule has 2 rings (SSSR count). The molecule has 0 bridgehead atoms. The van der Waals surface area contributed by atoms with Crippen LogP contribution in [0.2, 0.25) is 0 Å². The normalized spacial score (nSPS) is 10.8. The molecule has 0 aromatic heterocycles. The summed E-state index contributed by atoms with van der Waals surface area (Å²) in [5.74, 6) is 0.893. The Kier molecular flexibility index (Phi) is 8.95. The van der Waals surface area contributed by atoms with E-state index < -0.39 is 0 Å². The van der Waals surface area contributed by atoms with E-state index in [1.165, 1.54) is 5.56 Å². The van der Waals surface area contributed by atoms with Gasteiger partial charge in [-0.05, 0) is 76.8 Å². The Morgan fingerprint density at radius 1 is 1.00 bits per heavy atom. The average molecular weight is 350 g/mol. The van der Waals surface area contributed by atoms with Crippen LogP contribution in [0.1, 0.15) is 52.4 Å². The number of rotatable bonds is 7. The molecule has 2 nitrogen and oxygen atoms in total. The third-order valence-electron chi connectivity index (χ3n) is 4.12. The molecule has 0 N–H and O–H groups in total. The van der Waals surface area contributed by atoms with Crippen LogP contribution in [-0.2, 0) is 0 Å². The molecule has 4 heteroatoms. The molecule has 25 heavy (non-hydrogen) atoms. The molecule has 0 aliphatic heterocycles. The molecule has 2 aromatic rings. The zero-order valence-corrected chi connectivity index (χ0v) is 16.3. The quantitative estimate of drug-likeness (QED) is 0.415. The molecule has 1 unspecified atom stereocenters. The number of hydrogen-bond donors (Lipinski definition) is 0. The number of hydrogen-bond acceptors (Lipinski definition) is 2. The van der Waals surface area contributed by atoms with Crippen LogP contribution in [-0.4, -0.2) is 31.0 Å². The number of benzene rings is 2. The molecule has 0 radical (unpaired) electrons. The zero-order chi connectivity index (χ0) is 17.7. The van der Waals surface area contributed by atoms with Crippen LogP contribution in [0.25, 0.3) is 0 Å². The molecule has 0 saturated heterocycles. The maximum absolute atomic E-state index is 12.8. The molecule has 0 heterocycles. The number of aryl methyl sites for hydroxylation is 4. The van der Waals surface area contributed by atoms with E-state index in [-0.39, 0.29) is 33.0 Å². The topological polar surface area (TPSA) is 26.3 Å². The van der Waals surface area contributed by atoms with Crippen molar-refractivity contribution in [2.75, 3.05) is 6.61 Å². The SMILES string of the molecule is CCCCOc1ccc(PC(=O)c2c(C)cc(C)cc2C)c(C)c1.[LiH]. The summed E-state index contributed by atoms with van der Waals surface area (Å²) in [7, 11) is 0.148. The molecule has 0 spiro atoms. The minimum atomic E-state index is 0. The van der Waals surface area contributed by atoms with Gasteiger partial charge in [0.1, 0.15) is 5.75 Å². The van der Waals surface area contributed by atoms with Crippen molar-refractivity contribution in [3.63, 3.8) is 0 Å². The summed E-state index contributed by atoms with van der Waals surface area (Å²) in [5.41, 5.74) is 5.56. The standard InChI is InChI=1S/C21H27O2P.Li.H/c1-6-7-10-23-18-8-9-19(15(3)13-18)24-21(22)20-16(4)11-14(2)12-17(20)5;;/h8-9,11-13,24H,6-7,10H2,1-5H3;;. The Labute approximate surface area is 165 Å². The second-order valence-corrected chi connectivity index (χ2v) is 7.65. The van der Waals surface area contributed by atoms with Gasteiger partial charge in [0, 0.05) is 5.56 Å². The van der Waals surface area contributed by atoms with Crippen LogP contribution in [0.4, 0.5) is 0 Å². The van der Waals surface area contributed by atoms with Crippen molar-refractivity contribution in [2.45, 2.75) is 47.5 Å². The summed E-state index contributed by atoms with van der Waals surface area (Å²) in [6, 6.07) is 10.2. The molecule has 0 fully saturated rings. The molecule has 0 aliphatic carbocycles. The molecule has 2 aromatic carbocycles. The molecule has 130 valence electrons. The van der Waals surface area contributed by atoms with Crippen molar-refractivity contribution in [3.05, 3.63) is 58.1 Å². The first kappa shape index (κ1) is 22.0. The van der Waals surface area contributed by atoms with Gasteiger partial charge in [0.15, 0.2) is 5.52 Å². The number of unbranched alkanes of at least 4 members (excludes halogenated alkanes) is 1. The van der Waals surface area contributed by atoms with E-state index in [2.05, 4.69) is 32.9 Å². The van der Waals surface area contributed by atoms with Crippen LogP contribution in [0.15, 0.2) is 30.3 Å². The molecular weight excluding hydrogens is 322 g/mol. The van der Waals surface area contributed by atoms with Gasteiger partial charge in [0.05, 0.1) is 6.61 Å².